The molecule has 0 bridgehead atoms. The lowest BCUT2D eigenvalue weighted by atomic mass is 10.2. The highest BCUT2D eigenvalue weighted by Gasteiger charge is 2.46. The molecule has 1 saturated heterocycles. The van der Waals surface area contributed by atoms with Crippen molar-refractivity contribution in [1.29, 1.82) is 0 Å². The molecular weight excluding hydrogens is 436 g/mol. The SMILES string of the molecule is CC(C)(C)[Si](C)(C)OC[C@@H]1C[C@@H](O[Si](C)(C)C(C)(C)C)[C@H](n2cnc3c(N)nccc32)O1. The van der Waals surface area contributed by atoms with Gasteiger partial charge in [0.15, 0.2) is 28.7 Å². The molecule has 2 aromatic heterocycles. The van der Waals surface area contributed by atoms with Crippen LogP contribution in [0.5, 0.6) is 0 Å². The van der Waals surface area contributed by atoms with Crippen LogP contribution < -0.4 is 5.73 Å². The summed E-state index contributed by atoms with van der Waals surface area (Å²) in [5.74, 6) is 0.430. The largest absolute Gasteiger partial charge is 0.414 e. The number of imidazole rings is 1. The maximum Gasteiger partial charge on any atom is 0.192 e. The highest BCUT2D eigenvalue weighted by molar-refractivity contribution is 6.74. The van der Waals surface area contributed by atoms with Crippen LogP contribution in [0.2, 0.25) is 36.3 Å². The van der Waals surface area contributed by atoms with Gasteiger partial charge < -0.3 is 23.9 Å². The summed E-state index contributed by atoms with van der Waals surface area (Å²) in [7, 11) is -3.87. The van der Waals surface area contributed by atoms with Crippen LogP contribution in [0.1, 0.15) is 54.2 Å². The minimum absolute atomic E-state index is 0.0273. The molecule has 32 heavy (non-hydrogen) atoms. The molecule has 9 heteroatoms. The maximum atomic E-state index is 6.88. The molecule has 0 aliphatic carbocycles. The number of aromatic nitrogens is 3. The van der Waals surface area contributed by atoms with Crippen LogP contribution in [-0.2, 0) is 13.6 Å². The summed E-state index contributed by atoms with van der Waals surface area (Å²) in [4.78, 5) is 8.69. The van der Waals surface area contributed by atoms with Crippen molar-refractivity contribution in [2.75, 3.05) is 12.3 Å². The molecule has 180 valence electrons. The van der Waals surface area contributed by atoms with Crippen molar-refractivity contribution < 1.29 is 13.6 Å². The van der Waals surface area contributed by atoms with Gasteiger partial charge in [-0.3, -0.25) is 0 Å². The molecule has 0 saturated carbocycles. The van der Waals surface area contributed by atoms with E-state index in [0.717, 1.165) is 11.9 Å². The summed E-state index contributed by atoms with van der Waals surface area (Å²) in [5.41, 5.74) is 7.67. The second-order valence-corrected chi connectivity index (χ2v) is 21.7. The normalized spacial score (nSPS) is 23.2. The van der Waals surface area contributed by atoms with Crippen LogP contribution in [0.3, 0.4) is 0 Å². The molecular formula is C23H42N4O3Si2. The monoisotopic (exact) mass is 478 g/mol. The van der Waals surface area contributed by atoms with E-state index in [2.05, 4.69) is 82.3 Å². The Morgan fingerprint density at radius 3 is 2.28 bits per heavy atom. The molecule has 1 fully saturated rings. The van der Waals surface area contributed by atoms with Crippen molar-refractivity contribution >= 4 is 33.5 Å². The number of hydrogen-bond donors (Lipinski definition) is 1. The van der Waals surface area contributed by atoms with E-state index in [4.69, 9.17) is 19.3 Å². The maximum absolute atomic E-state index is 6.88. The van der Waals surface area contributed by atoms with Gasteiger partial charge in [-0.25, -0.2) is 9.97 Å². The average Bonchev–Trinajstić information content (AvgIpc) is 3.22. The summed E-state index contributed by atoms with van der Waals surface area (Å²) >= 11 is 0. The summed E-state index contributed by atoms with van der Waals surface area (Å²) in [5, 5.41) is 0.270. The first kappa shape index (κ1) is 25.4. The summed E-state index contributed by atoms with van der Waals surface area (Å²) in [6.07, 6.45) is 3.94. The van der Waals surface area contributed by atoms with Gasteiger partial charge in [-0.1, -0.05) is 41.5 Å². The zero-order valence-electron chi connectivity index (χ0n) is 21.5. The molecule has 2 N–H and O–H groups in total. The molecule has 0 aromatic carbocycles. The Bertz CT molecular complexity index is 947. The topological polar surface area (TPSA) is 84.4 Å². The predicted molar refractivity (Wildman–Crippen MR) is 136 cm³/mol. The Kier molecular flexibility index (Phi) is 6.74. The van der Waals surface area contributed by atoms with Gasteiger partial charge in [0.25, 0.3) is 0 Å². The Balaban J connectivity index is 1.89. The standard InChI is InChI=1S/C23H42N4O3Si2/c1-22(2,3)31(7,8)28-14-16-13-18(30-32(9,10)23(4,5)6)21(29-16)27-15-26-19-17(27)11-12-25-20(19)24/h11-12,15-16,18,21H,13-14H2,1-10H3,(H2,24,25)/t16-,18+,21+/m0/s1. The lowest BCUT2D eigenvalue weighted by Gasteiger charge is -2.39. The molecule has 2 aromatic rings. The number of nitrogens with two attached hydrogens (primary N) is 1. The molecule has 3 rings (SSSR count). The van der Waals surface area contributed by atoms with Crippen LogP contribution in [0.15, 0.2) is 18.6 Å². The third-order valence-electron chi connectivity index (χ3n) is 7.63. The first-order valence-electron chi connectivity index (χ1n) is 11.6. The average molecular weight is 479 g/mol. The summed E-state index contributed by atoms with van der Waals surface area (Å²) in [6.45, 7) is 23.3. The number of ether oxygens (including phenoxy) is 1. The summed E-state index contributed by atoms with van der Waals surface area (Å²) in [6, 6.07) is 1.94. The van der Waals surface area contributed by atoms with Gasteiger partial charge in [-0.2, -0.15) is 0 Å². The van der Waals surface area contributed by atoms with Gasteiger partial charge in [0, 0.05) is 12.6 Å². The van der Waals surface area contributed by atoms with Gasteiger partial charge in [0.2, 0.25) is 0 Å². The van der Waals surface area contributed by atoms with Gasteiger partial charge >= 0.3 is 0 Å². The van der Waals surface area contributed by atoms with Crippen molar-refractivity contribution in [1.82, 2.24) is 14.5 Å². The van der Waals surface area contributed by atoms with Crippen molar-refractivity contribution in [3.63, 3.8) is 0 Å². The van der Waals surface area contributed by atoms with Crippen molar-refractivity contribution in [2.45, 2.75) is 103 Å². The van der Waals surface area contributed by atoms with Gasteiger partial charge in [0.05, 0.1) is 30.7 Å². The minimum Gasteiger partial charge on any atom is -0.414 e. The van der Waals surface area contributed by atoms with Crippen LogP contribution in [-0.4, -0.2) is 50.0 Å². The fourth-order valence-corrected chi connectivity index (χ4v) is 5.79. The van der Waals surface area contributed by atoms with Gasteiger partial charge in [0.1, 0.15) is 5.52 Å². The number of rotatable bonds is 6. The van der Waals surface area contributed by atoms with Crippen molar-refractivity contribution in [3.8, 4) is 0 Å². The quantitative estimate of drug-likeness (QED) is 0.535. The Morgan fingerprint density at radius 2 is 1.69 bits per heavy atom. The highest BCUT2D eigenvalue weighted by atomic mass is 28.4. The first-order valence-corrected chi connectivity index (χ1v) is 17.4. The molecule has 0 radical (unpaired) electrons. The van der Waals surface area contributed by atoms with Crippen LogP contribution >= 0.6 is 0 Å². The van der Waals surface area contributed by atoms with Gasteiger partial charge in [-0.15, -0.1) is 0 Å². The third-order valence-corrected chi connectivity index (χ3v) is 16.6. The van der Waals surface area contributed by atoms with E-state index in [0.29, 0.717) is 17.9 Å². The lowest BCUT2D eigenvalue weighted by molar-refractivity contribution is -0.0440. The molecule has 1 aliphatic rings. The predicted octanol–water partition coefficient (Wildman–Crippen LogP) is 5.71. The fourth-order valence-electron chi connectivity index (χ4n) is 3.43. The molecule has 3 atom stereocenters. The first-order chi connectivity index (χ1) is 14.5. The van der Waals surface area contributed by atoms with Crippen LogP contribution in [0.25, 0.3) is 11.0 Å². The number of fused-ring (bicyclic) bond motifs is 1. The second-order valence-electron chi connectivity index (χ2n) is 12.1. The Labute approximate surface area is 195 Å². The zero-order chi connectivity index (χ0) is 24.1. The zero-order valence-corrected chi connectivity index (χ0v) is 23.5. The molecule has 3 heterocycles. The number of pyridine rings is 1. The van der Waals surface area contributed by atoms with E-state index >= 15 is 0 Å². The van der Waals surface area contributed by atoms with Gasteiger partial charge in [-0.05, 0) is 42.3 Å². The van der Waals surface area contributed by atoms with E-state index in [1.54, 1.807) is 12.5 Å². The van der Waals surface area contributed by atoms with Crippen molar-refractivity contribution in [3.05, 3.63) is 18.6 Å². The fraction of sp³-hybridized carbons (Fsp3) is 0.739. The molecule has 0 spiro atoms. The number of anilines is 1. The van der Waals surface area contributed by atoms with Crippen molar-refractivity contribution in [2.24, 2.45) is 0 Å². The van der Waals surface area contributed by atoms with Crippen LogP contribution in [0.4, 0.5) is 5.82 Å². The van der Waals surface area contributed by atoms with E-state index in [1.807, 2.05) is 6.07 Å². The molecule has 0 unspecified atom stereocenters. The number of hydrogen-bond acceptors (Lipinski definition) is 6. The summed E-state index contributed by atoms with van der Waals surface area (Å²) < 4.78 is 22.0. The van der Waals surface area contributed by atoms with E-state index in [-0.39, 0.29) is 28.5 Å². The Hall–Kier alpha value is -1.27. The number of nitrogens with zero attached hydrogens (tertiary/aromatic N) is 3. The highest BCUT2D eigenvalue weighted by Crippen LogP contribution is 2.43. The third kappa shape index (κ3) is 4.96. The molecule has 1 aliphatic heterocycles. The second kappa shape index (κ2) is 8.50. The molecule has 7 nitrogen and oxygen atoms in total. The Morgan fingerprint density at radius 1 is 1.06 bits per heavy atom. The molecule has 0 amide bonds. The van der Waals surface area contributed by atoms with E-state index in [9.17, 15) is 0 Å². The number of nitrogen functional groups attached to an aromatic ring is 1. The van der Waals surface area contributed by atoms with E-state index < -0.39 is 16.6 Å². The lowest BCUT2D eigenvalue weighted by Crippen LogP contribution is -2.45. The minimum atomic E-state index is -2.00. The van der Waals surface area contributed by atoms with Crippen LogP contribution in [0, 0.1) is 0 Å². The smallest absolute Gasteiger partial charge is 0.192 e. The van der Waals surface area contributed by atoms with E-state index in [1.165, 1.54) is 0 Å².